The maximum absolute atomic E-state index is 6.32. The van der Waals surface area contributed by atoms with Crippen molar-refractivity contribution in [3.05, 3.63) is 56.2 Å². The van der Waals surface area contributed by atoms with Gasteiger partial charge in [-0.2, -0.15) is 0 Å². The van der Waals surface area contributed by atoms with Crippen LogP contribution in [-0.2, 0) is 18.3 Å². The third kappa shape index (κ3) is 3.41. The predicted molar refractivity (Wildman–Crippen MR) is 94.7 cm³/mol. The van der Waals surface area contributed by atoms with Crippen LogP contribution in [0.4, 0.5) is 0 Å². The van der Waals surface area contributed by atoms with E-state index in [-0.39, 0.29) is 5.41 Å². The van der Waals surface area contributed by atoms with Gasteiger partial charge in [0.2, 0.25) is 0 Å². The molecule has 0 saturated heterocycles. The van der Waals surface area contributed by atoms with Gasteiger partial charge in [0, 0.05) is 31.4 Å². The Labute approximate surface area is 143 Å². The molecule has 20 heavy (non-hydrogen) atoms. The molecule has 0 radical (unpaired) electrons. The van der Waals surface area contributed by atoms with Gasteiger partial charge in [-0.3, -0.25) is 0 Å². The highest BCUT2D eigenvalue weighted by Gasteiger charge is 2.33. The van der Waals surface area contributed by atoms with E-state index in [2.05, 4.69) is 47.1 Å². The monoisotopic (exact) mass is 390 g/mol. The van der Waals surface area contributed by atoms with Gasteiger partial charge in [-0.1, -0.05) is 41.1 Å². The van der Waals surface area contributed by atoms with Gasteiger partial charge in [0.15, 0.2) is 0 Å². The van der Waals surface area contributed by atoms with E-state index >= 15 is 0 Å². The quantitative estimate of drug-likeness (QED) is 0.527. The molecule has 4 heteroatoms. The summed E-state index contributed by atoms with van der Waals surface area (Å²) in [6.07, 6.45) is 1.96. The molecular weight excluding hydrogens is 375 g/mol. The third-order valence-corrected chi connectivity index (χ3v) is 6.48. The van der Waals surface area contributed by atoms with Gasteiger partial charge in [-0.25, -0.2) is 0 Å². The third-order valence-electron chi connectivity index (χ3n) is 3.54. The van der Waals surface area contributed by atoms with Gasteiger partial charge < -0.3 is 0 Å². The van der Waals surface area contributed by atoms with Crippen LogP contribution in [0.15, 0.2) is 40.9 Å². The van der Waals surface area contributed by atoms with Crippen molar-refractivity contribution in [3.63, 3.8) is 0 Å². The fourth-order valence-electron chi connectivity index (χ4n) is 2.30. The molecule has 0 saturated carbocycles. The maximum atomic E-state index is 6.32. The van der Waals surface area contributed by atoms with E-state index in [0.29, 0.717) is 11.8 Å². The highest BCUT2D eigenvalue weighted by molar-refractivity contribution is 9.10. The summed E-state index contributed by atoms with van der Waals surface area (Å²) in [7, 11) is 0. The molecule has 0 bridgehead atoms. The predicted octanol–water partition coefficient (Wildman–Crippen LogP) is 6.03. The molecule has 0 amide bonds. The molecule has 1 heterocycles. The summed E-state index contributed by atoms with van der Waals surface area (Å²) in [5, 5.41) is 0. The van der Waals surface area contributed by atoms with Crippen molar-refractivity contribution in [1.29, 1.82) is 0 Å². The molecule has 0 N–H and O–H groups in total. The number of benzene rings is 1. The van der Waals surface area contributed by atoms with Crippen molar-refractivity contribution in [2.45, 2.75) is 25.2 Å². The molecule has 0 fully saturated rings. The molecule has 0 atom stereocenters. The SMILES string of the molecule is CCc1ccc(CC(CCl)(CCl)c2ccccc2Br)s1. The lowest BCUT2D eigenvalue weighted by atomic mass is 9.80. The van der Waals surface area contributed by atoms with E-state index in [4.69, 9.17) is 23.2 Å². The minimum Gasteiger partial charge on any atom is -0.145 e. The van der Waals surface area contributed by atoms with Crippen LogP contribution in [0.2, 0.25) is 0 Å². The molecule has 0 spiro atoms. The zero-order valence-electron chi connectivity index (χ0n) is 11.3. The average molecular weight is 392 g/mol. The molecule has 0 unspecified atom stereocenters. The average Bonchev–Trinajstić information content (AvgIpc) is 2.93. The molecule has 0 aliphatic carbocycles. The molecule has 1 aromatic carbocycles. The first-order chi connectivity index (χ1) is 9.65. The molecule has 108 valence electrons. The first-order valence-corrected chi connectivity index (χ1v) is 9.27. The van der Waals surface area contributed by atoms with Crippen LogP contribution >= 0.6 is 50.5 Å². The largest absolute Gasteiger partial charge is 0.145 e. The van der Waals surface area contributed by atoms with Gasteiger partial charge in [-0.05, 0) is 36.6 Å². The summed E-state index contributed by atoms with van der Waals surface area (Å²) >= 11 is 18.1. The van der Waals surface area contributed by atoms with E-state index < -0.39 is 0 Å². The lowest BCUT2D eigenvalue weighted by molar-refractivity contribution is 0.538. The van der Waals surface area contributed by atoms with Gasteiger partial charge in [-0.15, -0.1) is 34.5 Å². The van der Waals surface area contributed by atoms with Crippen molar-refractivity contribution in [1.82, 2.24) is 0 Å². The molecule has 0 aliphatic heterocycles. The zero-order chi connectivity index (χ0) is 14.6. The number of hydrogen-bond acceptors (Lipinski definition) is 1. The van der Waals surface area contributed by atoms with E-state index in [1.54, 1.807) is 0 Å². The van der Waals surface area contributed by atoms with E-state index in [9.17, 15) is 0 Å². The number of hydrogen-bond donors (Lipinski definition) is 0. The number of halogens is 3. The van der Waals surface area contributed by atoms with Crippen molar-refractivity contribution in [3.8, 4) is 0 Å². The Bertz CT molecular complexity index is 561. The van der Waals surface area contributed by atoms with Crippen molar-refractivity contribution < 1.29 is 0 Å². The topological polar surface area (TPSA) is 0 Å². The lowest BCUT2D eigenvalue weighted by Crippen LogP contribution is -2.33. The van der Waals surface area contributed by atoms with Crippen molar-refractivity contribution >= 4 is 50.5 Å². The molecule has 0 aliphatic rings. The second-order valence-corrected chi connectivity index (χ2v) is 7.57. The molecule has 1 aromatic heterocycles. The number of alkyl halides is 2. The van der Waals surface area contributed by atoms with Crippen LogP contribution in [-0.4, -0.2) is 11.8 Å². The van der Waals surface area contributed by atoms with Crippen molar-refractivity contribution in [2.24, 2.45) is 0 Å². The molecule has 2 aromatic rings. The number of thiophene rings is 1. The van der Waals surface area contributed by atoms with Crippen LogP contribution in [0.3, 0.4) is 0 Å². The van der Waals surface area contributed by atoms with Gasteiger partial charge in [0.05, 0.1) is 0 Å². The van der Waals surface area contributed by atoms with E-state index in [1.165, 1.54) is 15.3 Å². The van der Waals surface area contributed by atoms with Gasteiger partial charge in [0.1, 0.15) is 0 Å². The Morgan fingerprint density at radius 2 is 1.70 bits per heavy atom. The lowest BCUT2D eigenvalue weighted by Gasteiger charge is -2.31. The Morgan fingerprint density at radius 1 is 1.05 bits per heavy atom. The summed E-state index contributed by atoms with van der Waals surface area (Å²) in [4.78, 5) is 2.75. The van der Waals surface area contributed by atoms with Gasteiger partial charge >= 0.3 is 0 Å². The summed E-state index contributed by atoms with van der Waals surface area (Å²) < 4.78 is 1.08. The fraction of sp³-hybridized carbons (Fsp3) is 0.375. The minimum absolute atomic E-state index is 0.223. The smallest absolute Gasteiger partial charge is 0.0335 e. The Kier molecular flexibility index (Phi) is 5.97. The molecule has 0 nitrogen and oxygen atoms in total. The summed E-state index contributed by atoms with van der Waals surface area (Å²) in [5.74, 6) is 1.02. The molecular formula is C16H17BrCl2S. The highest BCUT2D eigenvalue weighted by Crippen LogP contribution is 2.37. The number of rotatable bonds is 6. The molecule has 2 rings (SSSR count). The Morgan fingerprint density at radius 3 is 2.25 bits per heavy atom. The van der Waals surface area contributed by atoms with Crippen LogP contribution < -0.4 is 0 Å². The Hall–Kier alpha value is -0.0200. The summed E-state index contributed by atoms with van der Waals surface area (Å²) in [6, 6.07) is 12.6. The van der Waals surface area contributed by atoms with Gasteiger partial charge in [0.25, 0.3) is 0 Å². The second kappa shape index (κ2) is 7.31. The van der Waals surface area contributed by atoms with Crippen molar-refractivity contribution in [2.75, 3.05) is 11.8 Å². The zero-order valence-corrected chi connectivity index (χ0v) is 15.2. The minimum atomic E-state index is -0.223. The highest BCUT2D eigenvalue weighted by atomic mass is 79.9. The van der Waals surface area contributed by atoms with Crippen LogP contribution in [0, 0.1) is 0 Å². The fourth-order valence-corrected chi connectivity index (χ4v) is 4.87. The van der Waals surface area contributed by atoms with Crippen LogP contribution in [0.25, 0.3) is 0 Å². The maximum Gasteiger partial charge on any atom is 0.0335 e. The van der Waals surface area contributed by atoms with Crippen LogP contribution in [0.5, 0.6) is 0 Å². The normalized spacial score (nSPS) is 11.8. The number of aryl methyl sites for hydroxylation is 1. The van der Waals surface area contributed by atoms with Crippen LogP contribution in [0.1, 0.15) is 22.2 Å². The van der Waals surface area contributed by atoms with E-state index in [0.717, 1.165) is 17.3 Å². The first-order valence-electron chi connectivity index (χ1n) is 6.59. The Balaban J connectivity index is 2.37. The first kappa shape index (κ1) is 16.4. The summed E-state index contributed by atoms with van der Waals surface area (Å²) in [5.41, 5.74) is 0.968. The summed E-state index contributed by atoms with van der Waals surface area (Å²) in [6.45, 7) is 2.18. The van der Waals surface area contributed by atoms with E-state index in [1.807, 2.05) is 23.5 Å². The standard InChI is InChI=1S/C16H17BrCl2S/c1-2-12-7-8-13(20-12)9-16(10-18,11-19)14-5-3-4-6-15(14)17/h3-8H,2,9-11H2,1H3. The second-order valence-electron chi connectivity index (χ2n) is 4.93.